The number of rotatable bonds is 8. The van der Waals surface area contributed by atoms with E-state index in [2.05, 4.69) is 30.2 Å². The molecule has 0 atom stereocenters. The summed E-state index contributed by atoms with van der Waals surface area (Å²) in [6.45, 7) is 1.56. The summed E-state index contributed by atoms with van der Waals surface area (Å²) in [5, 5.41) is 4.22. The molecule has 0 amide bonds. The number of allylic oxidation sites excluding steroid dienone is 1. The van der Waals surface area contributed by atoms with Gasteiger partial charge in [0.1, 0.15) is 18.0 Å². The maximum Gasteiger partial charge on any atom is 0.141 e. The summed E-state index contributed by atoms with van der Waals surface area (Å²) in [5.41, 5.74) is 10.8. The van der Waals surface area contributed by atoms with Crippen molar-refractivity contribution in [1.29, 1.82) is 0 Å². The average molecular weight is 456 g/mol. The summed E-state index contributed by atoms with van der Waals surface area (Å²) in [4.78, 5) is 19.8. The first-order valence-electron chi connectivity index (χ1n) is 10.8. The van der Waals surface area contributed by atoms with Crippen LogP contribution < -0.4 is 11.1 Å². The van der Waals surface area contributed by atoms with Gasteiger partial charge in [-0.05, 0) is 68.2 Å². The van der Waals surface area contributed by atoms with E-state index in [9.17, 15) is 4.39 Å². The number of aromatic nitrogens is 3. The minimum atomic E-state index is -0.280. The molecule has 2 aromatic heterocycles. The van der Waals surface area contributed by atoms with E-state index in [0.717, 1.165) is 45.5 Å². The molecule has 0 unspecified atom stereocenters. The molecule has 8 heteroatoms. The van der Waals surface area contributed by atoms with Crippen molar-refractivity contribution >= 4 is 34.2 Å². The van der Waals surface area contributed by atoms with Crippen molar-refractivity contribution in [3.8, 4) is 11.3 Å². The number of hydrogen-bond donors (Lipinski definition) is 2. The molecule has 34 heavy (non-hydrogen) atoms. The molecule has 0 radical (unpaired) electrons. The standard InChI is InChI=1S/C26H26FN7/c1-34(2)12-11-29-16-20(15-28)19-5-8-23-25(13-19)31-17-32-26(23)33-22-9-10-30-24(14-22)18-3-6-21(27)7-4-18/h3-10,13-17H,11-12,28H2,1-2H3,(H,30,31,32,33). The fraction of sp³-hybridized carbons (Fsp3) is 0.154. The Hall–Kier alpha value is -4.17. The topological polar surface area (TPSA) is 92.3 Å². The highest BCUT2D eigenvalue weighted by atomic mass is 19.1. The Bertz CT molecular complexity index is 1330. The number of benzene rings is 2. The SMILES string of the molecule is CN(C)CCN=CC(=CN)c1ccc2c(Nc3ccnc(-c4ccc(F)cc4)c3)ncnc2c1. The van der Waals surface area contributed by atoms with Crippen LogP contribution in [0.2, 0.25) is 0 Å². The minimum absolute atomic E-state index is 0.280. The summed E-state index contributed by atoms with van der Waals surface area (Å²) < 4.78 is 13.3. The van der Waals surface area contributed by atoms with Gasteiger partial charge in [-0.3, -0.25) is 9.98 Å². The summed E-state index contributed by atoms with van der Waals surface area (Å²) in [7, 11) is 4.03. The van der Waals surface area contributed by atoms with E-state index in [1.54, 1.807) is 30.7 Å². The molecule has 0 aliphatic rings. The van der Waals surface area contributed by atoms with Gasteiger partial charge in [-0.15, -0.1) is 0 Å². The van der Waals surface area contributed by atoms with Gasteiger partial charge in [0.25, 0.3) is 0 Å². The lowest BCUT2D eigenvalue weighted by Gasteiger charge is -2.11. The van der Waals surface area contributed by atoms with Crippen molar-refractivity contribution in [3.63, 3.8) is 0 Å². The highest BCUT2D eigenvalue weighted by Crippen LogP contribution is 2.27. The molecule has 2 heterocycles. The third-order valence-corrected chi connectivity index (χ3v) is 5.22. The zero-order valence-corrected chi connectivity index (χ0v) is 19.1. The number of halogens is 1. The van der Waals surface area contributed by atoms with E-state index >= 15 is 0 Å². The number of nitrogens with one attached hydrogen (secondary N) is 1. The van der Waals surface area contributed by atoms with Crippen molar-refractivity contribution < 1.29 is 4.39 Å². The van der Waals surface area contributed by atoms with Crippen molar-refractivity contribution in [2.75, 3.05) is 32.5 Å². The maximum absolute atomic E-state index is 13.3. The van der Waals surface area contributed by atoms with Crippen LogP contribution in [-0.4, -0.2) is 53.3 Å². The number of nitrogens with two attached hydrogens (primary N) is 1. The molecule has 172 valence electrons. The smallest absolute Gasteiger partial charge is 0.141 e. The van der Waals surface area contributed by atoms with E-state index < -0.39 is 0 Å². The van der Waals surface area contributed by atoms with Gasteiger partial charge in [0.05, 0.1) is 17.8 Å². The Morgan fingerprint density at radius 1 is 1.06 bits per heavy atom. The van der Waals surface area contributed by atoms with Crippen LogP contribution in [0.1, 0.15) is 5.56 Å². The van der Waals surface area contributed by atoms with Crippen LogP contribution in [0.15, 0.2) is 78.3 Å². The Kier molecular flexibility index (Phi) is 7.19. The predicted molar refractivity (Wildman–Crippen MR) is 137 cm³/mol. The average Bonchev–Trinajstić information content (AvgIpc) is 2.84. The predicted octanol–water partition coefficient (Wildman–Crippen LogP) is 4.51. The maximum atomic E-state index is 13.3. The number of aliphatic imine (C=N–C) groups is 1. The number of hydrogen-bond acceptors (Lipinski definition) is 7. The van der Waals surface area contributed by atoms with Gasteiger partial charge in [0.15, 0.2) is 0 Å². The molecule has 0 aliphatic carbocycles. The number of pyridine rings is 1. The fourth-order valence-corrected chi connectivity index (χ4v) is 3.39. The van der Waals surface area contributed by atoms with E-state index in [0.29, 0.717) is 12.4 Å². The first kappa shape index (κ1) is 23.0. The van der Waals surface area contributed by atoms with Gasteiger partial charge in [-0.1, -0.05) is 6.07 Å². The molecule has 0 saturated carbocycles. The molecule has 0 fully saturated rings. The zero-order chi connectivity index (χ0) is 23.9. The van der Waals surface area contributed by atoms with Crippen LogP contribution in [0.3, 0.4) is 0 Å². The largest absolute Gasteiger partial charge is 0.404 e. The van der Waals surface area contributed by atoms with Crippen LogP contribution in [0, 0.1) is 5.82 Å². The van der Waals surface area contributed by atoms with E-state index in [-0.39, 0.29) is 5.82 Å². The number of nitrogens with zero attached hydrogens (tertiary/aromatic N) is 5. The molecule has 4 rings (SSSR count). The van der Waals surface area contributed by atoms with Gasteiger partial charge in [-0.2, -0.15) is 0 Å². The summed E-state index contributed by atoms with van der Waals surface area (Å²) in [6.07, 6.45) is 6.57. The number of likely N-dealkylation sites (N-methyl/N-ethyl adjacent to an activating group) is 1. The Morgan fingerprint density at radius 3 is 2.65 bits per heavy atom. The number of anilines is 2. The van der Waals surface area contributed by atoms with E-state index in [1.807, 2.05) is 44.4 Å². The van der Waals surface area contributed by atoms with E-state index in [4.69, 9.17) is 5.73 Å². The van der Waals surface area contributed by atoms with Gasteiger partial charge in [-0.25, -0.2) is 14.4 Å². The second-order valence-electron chi connectivity index (χ2n) is 7.98. The number of fused-ring (bicyclic) bond motifs is 1. The third kappa shape index (κ3) is 5.60. The van der Waals surface area contributed by atoms with Crippen molar-refractivity contribution in [2.45, 2.75) is 0 Å². The Morgan fingerprint density at radius 2 is 1.88 bits per heavy atom. The molecular weight excluding hydrogens is 429 g/mol. The molecule has 2 aromatic carbocycles. The molecule has 7 nitrogen and oxygen atoms in total. The lowest BCUT2D eigenvalue weighted by atomic mass is 10.1. The van der Waals surface area contributed by atoms with Gasteiger partial charge in [0.2, 0.25) is 0 Å². The zero-order valence-electron chi connectivity index (χ0n) is 19.1. The normalized spacial score (nSPS) is 12.1. The second kappa shape index (κ2) is 10.6. The Balaban J connectivity index is 1.58. The van der Waals surface area contributed by atoms with Crippen LogP contribution in [-0.2, 0) is 0 Å². The van der Waals surface area contributed by atoms with Crippen molar-refractivity contribution in [1.82, 2.24) is 19.9 Å². The molecule has 0 spiro atoms. The third-order valence-electron chi connectivity index (χ3n) is 5.22. The first-order chi connectivity index (χ1) is 16.5. The van der Waals surface area contributed by atoms with Crippen LogP contribution in [0.4, 0.5) is 15.9 Å². The Labute approximate surface area is 197 Å². The first-order valence-corrected chi connectivity index (χ1v) is 10.8. The molecule has 4 aromatic rings. The molecule has 0 bridgehead atoms. The fourth-order valence-electron chi connectivity index (χ4n) is 3.39. The van der Waals surface area contributed by atoms with E-state index in [1.165, 1.54) is 18.5 Å². The van der Waals surface area contributed by atoms with Gasteiger partial charge in [0, 0.05) is 47.4 Å². The molecule has 0 saturated heterocycles. The summed E-state index contributed by atoms with van der Waals surface area (Å²) >= 11 is 0. The van der Waals surface area contributed by atoms with Crippen molar-refractivity contribution in [3.05, 3.63) is 84.7 Å². The van der Waals surface area contributed by atoms with Gasteiger partial charge >= 0.3 is 0 Å². The van der Waals surface area contributed by atoms with Crippen molar-refractivity contribution in [2.24, 2.45) is 10.7 Å². The molecule has 0 aliphatic heterocycles. The second-order valence-corrected chi connectivity index (χ2v) is 7.98. The minimum Gasteiger partial charge on any atom is -0.404 e. The van der Waals surface area contributed by atoms with Crippen LogP contribution >= 0.6 is 0 Å². The monoisotopic (exact) mass is 455 g/mol. The quantitative estimate of drug-likeness (QED) is 0.380. The van der Waals surface area contributed by atoms with Gasteiger partial charge < -0.3 is 16.0 Å². The van der Waals surface area contributed by atoms with Crippen LogP contribution in [0.25, 0.3) is 27.7 Å². The lowest BCUT2D eigenvalue weighted by molar-refractivity contribution is 0.421. The summed E-state index contributed by atoms with van der Waals surface area (Å²) in [6, 6.07) is 15.9. The highest BCUT2D eigenvalue weighted by molar-refractivity contribution is 6.10. The molecular formula is C26H26FN7. The van der Waals surface area contributed by atoms with Crippen LogP contribution in [0.5, 0.6) is 0 Å². The lowest BCUT2D eigenvalue weighted by Crippen LogP contribution is -2.15. The highest BCUT2D eigenvalue weighted by Gasteiger charge is 2.08. The summed E-state index contributed by atoms with van der Waals surface area (Å²) in [5.74, 6) is 0.392. The molecule has 3 N–H and O–H groups in total.